The first-order valence-electron chi connectivity index (χ1n) is 6.69. The van der Waals surface area contributed by atoms with E-state index in [1.165, 1.54) is 17.7 Å². The molecule has 0 saturated heterocycles. The molecule has 21 heavy (non-hydrogen) atoms. The maximum Gasteiger partial charge on any atom is 0.337 e. The summed E-state index contributed by atoms with van der Waals surface area (Å²) in [6.45, 7) is 6.20. The van der Waals surface area contributed by atoms with Crippen molar-refractivity contribution in [2.45, 2.75) is 26.7 Å². The average Bonchev–Trinajstić information content (AvgIpc) is 2.40. The molecule has 0 aromatic heterocycles. The topological polar surface area (TPSA) is 46.5 Å². The van der Waals surface area contributed by atoms with E-state index in [0.717, 1.165) is 11.3 Å². The molecule has 3 nitrogen and oxygen atoms in total. The first kappa shape index (κ1) is 15.4. The van der Waals surface area contributed by atoms with Crippen LogP contribution in [0, 0.1) is 6.92 Å². The minimum atomic E-state index is -1.05. The van der Waals surface area contributed by atoms with Gasteiger partial charge in [0, 0.05) is 6.07 Å². The van der Waals surface area contributed by atoms with Gasteiger partial charge >= 0.3 is 5.97 Å². The van der Waals surface area contributed by atoms with Gasteiger partial charge in [-0.05, 0) is 42.2 Å². The fraction of sp³-hybridized carbons (Fsp3) is 0.235. The Kier molecular flexibility index (Phi) is 4.53. The number of carboxylic acids is 1. The van der Waals surface area contributed by atoms with Crippen LogP contribution in [0.3, 0.4) is 0 Å². The van der Waals surface area contributed by atoms with Gasteiger partial charge in [0.05, 0.1) is 10.6 Å². The molecular formula is C17H17ClO3. The Balaban J connectivity index is 2.32. The normalized spacial score (nSPS) is 10.7. The minimum absolute atomic E-state index is 0.0664. The van der Waals surface area contributed by atoms with Crippen LogP contribution >= 0.6 is 11.6 Å². The molecule has 110 valence electrons. The number of halogens is 1. The van der Waals surface area contributed by atoms with Gasteiger partial charge in [0.1, 0.15) is 11.5 Å². The summed E-state index contributed by atoms with van der Waals surface area (Å²) >= 11 is 5.95. The number of benzene rings is 2. The summed E-state index contributed by atoms with van der Waals surface area (Å²) in [5.74, 6) is 0.629. The van der Waals surface area contributed by atoms with Crippen LogP contribution in [0.1, 0.15) is 41.3 Å². The van der Waals surface area contributed by atoms with E-state index in [4.69, 9.17) is 21.4 Å². The van der Waals surface area contributed by atoms with Gasteiger partial charge in [-0.15, -0.1) is 0 Å². The Hall–Kier alpha value is -2.00. The van der Waals surface area contributed by atoms with Crippen LogP contribution in [-0.4, -0.2) is 11.1 Å². The second kappa shape index (κ2) is 6.19. The summed E-state index contributed by atoms with van der Waals surface area (Å²) in [7, 11) is 0. The number of rotatable bonds is 4. The molecule has 1 N–H and O–H groups in total. The lowest BCUT2D eigenvalue weighted by molar-refractivity contribution is 0.0697. The van der Waals surface area contributed by atoms with E-state index >= 15 is 0 Å². The summed E-state index contributed by atoms with van der Waals surface area (Å²) in [6.07, 6.45) is 0. The third-order valence-electron chi connectivity index (χ3n) is 3.28. The second-order valence-electron chi connectivity index (χ2n) is 5.23. The summed E-state index contributed by atoms with van der Waals surface area (Å²) in [5, 5.41) is 9.13. The molecule has 2 aromatic rings. The van der Waals surface area contributed by atoms with Gasteiger partial charge < -0.3 is 9.84 Å². The molecule has 2 aromatic carbocycles. The number of carboxylic acid groups (broad SMARTS) is 1. The molecule has 0 atom stereocenters. The molecule has 0 saturated carbocycles. The van der Waals surface area contributed by atoms with Crippen molar-refractivity contribution >= 4 is 17.6 Å². The minimum Gasteiger partial charge on any atom is -0.478 e. The van der Waals surface area contributed by atoms with Gasteiger partial charge in [0.15, 0.2) is 0 Å². The number of hydrogen-bond donors (Lipinski definition) is 1. The van der Waals surface area contributed by atoms with Gasteiger partial charge in [0.25, 0.3) is 0 Å². The zero-order chi connectivity index (χ0) is 15.6. The number of ether oxygens (including phenoxy) is 1. The molecule has 0 unspecified atom stereocenters. The molecule has 0 fully saturated rings. The Morgan fingerprint density at radius 3 is 2.48 bits per heavy atom. The van der Waals surface area contributed by atoms with Gasteiger partial charge in [0.2, 0.25) is 0 Å². The summed E-state index contributed by atoms with van der Waals surface area (Å²) in [6, 6.07) is 10.7. The second-order valence-corrected chi connectivity index (χ2v) is 5.64. The highest BCUT2D eigenvalue weighted by Crippen LogP contribution is 2.31. The van der Waals surface area contributed by atoms with E-state index < -0.39 is 5.97 Å². The van der Waals surface area contributed by atoms with Gasteiger partial charge in [-0.2, -0.15) is 0 Å². The van der Waals surface area contributed by atoms with Crippen LogP contribution in [0.2, 0.25) is 5.02 Å². The van der Waals surface area contributed by atoms with Gasteiger partial charge in [-0.25, -0.2) is 4.79 Å². The van der Waals surface area contributed by atoms with Crippen molar-refractivity contribution in [1.82, 2.24) is 0 Å². The molecule has 0 heterocycles. The Bertz CT molecular complexity index is 678. The largest absolute Gasteiger partial charge is 0.478 e. The predicted octanol–water partition coefficient (Wildman–Crippen LogP) is 5.26. The Morgan fingerprint density at radius 1 is 1.19 bits per heavy atom. The average molecular weight is 305 g/mol. The molecular weight excluding hydrogens is 288 g/mol. The highest BCUT2D eigenvalue weighted by atomic mass is 35.5. The third-order valence-corrected chi connectivity index (χ3v) is 3.59. The number of aryl methyl sites for hydroxylation is 1. The predicted molar refractivity (Wildman–Crippen MR) is 83.8 cm³/mol. The number of carbonyl (C=O) groups is 1. The first-order chi connectivity index (χ1) is 9.88. The summed E-state index contributed by atoms with van der Waals surface area (Å²) < 4.78 is 5.84. The molecule has 2 rings (SSSR count). The number of aromatic carboxylic acids is 1. The van der Waals surface area contributed by atoms with Gasteiger partial charge in [-0.1, -0.05) is 37.6 Å². The van der Waals surface area contributed by atoms with E-state index in [1.54, 1.807) is 6.07 Å². The van der Waals surface area contributed by atoms with Crippen molar-refractivity contribution in [2.75, 3.05) is 0 Å². The maximum absolute atomic E-state index is 10.9. The van der Waals surface area contributed by atoms with Crippen LogP contribution in [0.25, 0.3) is 0 Å². The van der Waals surface area contributed by atoms with Crippen LogP contribution in [-0.2, 0) is 0 Å². The molecule has 0 amide bonds. The zero-order valence-corrected chi connectivity index (χ0v) is 12.9. The zero-order valence-electron chi connectivity index (χ0n) is 12.2. The first-order valence-corrected chi connectivity index (χ1v) is 7.07. The number of hydrogen-bond acceptors (Lipinski definition) is 2. The molecule has 0 radical (unpaired) electrons. The third kappa shape index (κ3) is 3.56. The highest BCUT2D eigenvalue weighted by Gasteiger charge is 2.11. The lowest BCUT2D eigenvalue weighted by atomic mass is 10.0. The van der Waals surface area contributed by atoms with Crippen LogP contribution < -0.4 is 4.74 Å². The van der Waals surface area contributed by atoms with Crippen LogP contribution in [0.4, 0.5) is 0 Å². The van der Waals surface area contributed by atoms with Crippen molar-refractivity contribution in [3.63, 3.8) is 0 Å². The molecule has 0 spiro atoms. The Labute approximate surface area is 129 Å². The molecule has 0 aliphatic carbocycles. The summed E-state index contributed by atoms with van der Waals surface area (Å²) in [4.78, 5) is 10.9. The fourth-order valence-corrected chi connectivity index (χ4v) is 2.20. The quantitative estimate of drug-likeness (QED) is 0.837. The molecule has 0 bridgehead atoms. The van der Waals surface area contributed by atoms with Crippen molar-refractivity contribution in [3.8, 4) is 11.5 Å². The smallest absolute Gasteiger partial charge is 0.337 e. The van der Waals surface area contributed by atoms with Gasteiger partial charge in [-0.3, -0.25) is 0 Å². The Morgan fingerprint density at radius 2 is 1.90 bits per heavy atom. The van der Waals surface area contributed by atoms with Crippen molar-refractivity contribution in [3.05, 3.63) is 58.1 Å². The van der Waals surface area contributed by atoms with E-state index in [1.807, 2.05) is 19.1 Å². The van der Waals surface area contributed by atoms with Crippen molar-refractivity contribution in [1.29, 1.82) is 0 Å². The van der Waals surface area contributed by atoms with E-state index in [9.17, 15) is 4.79 Å². The monoisotopic (exact) mass is 304 g/mol. The van der Waals surface area contributed by atoms with E-state index in [2.05, 4.69) is 19.9 Å². The van der Waals surface area contributed by atoms with Crippen LogP contribution in [0.5, 0.6) is 11.5 Å². The lowest BCUT2D eigenvalue weighted by Gasteiger charge is -2.13. The fourth-order valence-electron chi connectivity index (χ4n) is 1.95. The molecule has 0 aliphatic rings. The lowest BCUT2D eigenvalue weighted by Crippen LogP contribution is -1.98. The van der Waals surface area contributed by atoms with Crippen LogP contribution in [0.15, 0.2) is 36.4 Å². The standard InChI is InChI=1S/C17H17ClO3/c1-10(2)12-5-4-11(3)16(8-12)21-13-6-7-14(17(19)20)15(18)9-13/h4-10H,1-3H3,(H,19,20). The van der Waals surface area contributed by atoms with E-state index in [0.29, 0.717) is 11.7 Å². The summed E-state index contributed by atoms with van der Waals surface area (Å²) in [5.41, 5.74) is 2.26. The maximum atomic E-state index is 10.9. The SMILES string of the molecule is Cc1ccc(C(C)C)cc1Oc1ccc(C(=O)O)c(Cl)c1. The molecule has 4 heteroatoms. The highest BCUT2D eigenvalue weighted by molar-refractivity contribution is 6.33. The molecule has 0 aliphatic heterocycles. The van der Waals surface area contributed by atoms with Crippen molar-refractivity contribution in [2.24, 2.45) is 0 Å². The van der Waals surface area contributed by atoms with E-state index in [-0.39, 0.29) is 10.6 Å². The van der Waals surface area contributed by atoms with Crippen molar-refractivity contribution < 1.29 is 14.6 Å².